The number of nitrogens with zero attached hydrogens (tertiary/aromatic N) is 2. The van der Waals surface area contributed by atoms with Crippen molar-refractivity contribution in [1.29, 1.82) is 0 Å². The van der Waals surface area contributed by atoms with Gasteiger partial charge in [-0.3, -0.25) is 10.1 Å². The Morgan fingerprint density at radius 3 is 2.76 bits per heavy atom. The number of aromatic nitrogens is 1. The molecule has 0 spiro atoms. The normalized spacial score (nSPS) is 17.5. The summed E-state index contributed by atoms with van der Waals surface area (Å²) in [5, 5.41) is 20.6. The van der Waals surface area contributed by atoms with Crippen molar-refractivity contribution in [3.05, 3.63) is 63.5 Å². The molecule has 0 saturated heterocycles. The second-order valence-electron chi connectivity index (χ2n) is 5.49. The number of hydrogen-bond acceptors (Lipinski definition) is 3. The maximum absolute atomic E-state index is 10.6. The second-order valence-corrected chi connectivity index (χ2v) is 5.49. The Hall–Kier alpha value is -2.14. The van der Waals surface area contributed by atoms with E-state index < -0.39 is 0 Å². The quantitative estimate of drug-likeness (QED) is 0.694. The molecule has 5 heteroatoms. The third-order valence-electron chi connectivity index (χ3n) is 4.15. The summed E-state index contributed by atoms with van der Waals surface area (Å²) >= 11 is 0. The fourth-order valence-electron chi connectivity index (χ4n) is 2.98. The number of rotatable bonds is 4. The average Bonchev–Trinajstić information content (AvgIpc) is 2.90. The number of hydrogen-bond donors (Lipinski definition) is 1. The maximum atomic E-state index is 10.6. The smallest absolute Gasteiger partial charge is 0.269 e. The van der Waals surface area contributed by atoms with Crippen LogP contribution in [0.1, 0.15) is 35.8 Å². The first-order valence-corrected chi connectivity index (χ1v) is 7.24. The predicted molar refractivity (Wildman–Crippen MR) is 79.1 cm³/mol. The van der Waals surface area contributed by atoms with Crippen molar-refractivity contribution >= 4 is 5.69 Å². The van der Waals surface area contributed by atoms with Crippen LogP contribution in [0.25, 0.3) is 0 Å². The van der Waals surface area contributed by atoms with E-state index in [-0.39, 0.29) is 16.7 Å². The van der Waals surface area contributed by atoms with Gasteiger partial charge in [0.2, 0.25) is 0 Å². The number of aliphatic hydroxyl groups is 1. The molecule has 1 aromatic carbocycles. The Bertz CT molecular complexity index is 646. The molecule has 1 N–H and O–H groups in total. The van der Waals surface area contributed by atoms with Crippen molar-refractivity contribution in [2.24, 2.45) is 0 Å². The molecule has 1 aromatic heterocycles. The Labute approximate surface area is 123 Å². The number of nitro benzene ring substituents is 1. The molecule has 1 aliphatic carbocycles. The summed E-state index contributed by atoms with van der Waals surface area (Å²) in [5.41, 5.74) is 3.50. The van der Waals surface area contributed by atoms with Crippen LogP contribution in [0.5, 0.6) is 0 Å². The predicted octanol–water partition coefficient (Wildman–Crippen LogP) is 3.01. The Morgan fingerprint density at radius 2 is 2.05 bits per heavy atom. The molecule has 0 saturated carbocycles. The molecule has 1 heterocycles. The van der Waals surface area contributed by atoms with Gasteiger partial charge >= 0.3 is 0 Å². The van der Waals surface area contributed by atoms with Gasteiger partial charge in [0.25, 0.3) is 5.69 Å². The number of benzene rings is 1. The van der Waals surface area contributed by atoms with Gasteiger partial charge in [0.1, 0.15) is 0 Å². The van der Waals surface area contributed by atoms with Gasteiger partial charge < -0.3 is 9.67 Å². The van der Waals surface area contributed by atoms with Crippen LogP contribution in [0, 0.1) is 10.1 Å². The largest absolute Gasteiger partial charge is 0.388 e. The van der Waals surface area contributed by atoms with Crippen molar-refractivity contribution in [2.45, 2.75) is 38.3 Å². The first kappa shape index (κ1) is 13.8. The van der Waals surface area contributed by atoms with E-state index in [0.29, 0.717) is 0 Å². The lowest BCUT2D eigenvalue weighted by Crippen LogP contribution is -2.12. The molecule has 1 unspecified atom stereocenters. The van der Waals surface area contributed by atoms with Crippen molar-refractivity contribution in [3.8, 4) is 0 Å². The Balaban J connectivity index is 1.69. The lowest BCUT2D eigenvalue weighted by molar-refractivity contribution is -0.384. The van der Waals surface area contributed by atoms with E-state index in [0.717, 1.165) is 43.4 Å². The van der Waals surface area contributed by atoms with E-state index in [9.17, 15) is 15.2 Å². The highest BCUT2D eigenvalue weighted by molar-refractivity contribution is 5.33. The maximum Gasteiger partial charge on any atom is 0.269 e. The third kappa shape index (κ3) is 2.83. The molecule has 21 heavy (non-hydrogen) atoms. The molecule has 0 fully saturated rings. The highest BCUT2D eigenvalue weighted by Crippen LogP contribution is 2.30. The third-order valence-corrected chi connectivity index (χ3v) is 4.15. The van der Waals surface area contributed by atoms with Crippen molar-refractivity contribution < 1.29 is 10.0 Å². The summed E-state index contributed by atoms with van der Waals surface area (Å²) in [6, 6.07) is 8.72. The zero-order chi connectivity index (χ0) is 14.8. The van der Waals surface area contributed by atoms with Crippen LogP contribution in [0.2, 0.25) is 0 Å². The van der Waals surface area contributed by atoms with Gasteiger partial charge in [0.15, 0.2) is 0 Å². The average molecular weight is 286 g/mol. The number of nitro groups is 1. The molecular formula is C16H18N2O3. The highest BCUT2D eigenvalue weighted by Gasteiger charge is 2.20. The van der Waals surface area contributed by atoms with Gasteiger partial charge in [-0.25, -0.2) is 0 Å². The topological polar surface area (TPSA) is 68.3 Å². The fraction of sp³-hybridized carbons (Fsp3) is 0.375. The van der Waals surface area contributed by atoms with Crippen LogP contribution in [0.4, 0.5) is 5.69 Å². The van der Waals surface area contributed by atoms with E-state index in [1.807, 2.05) is 24.4 Å². The van der Waals surface area contributed by atoms with Crippen LogP contribution in [-0.2, 0) is 19.4 Å². The molecule has 5 nitrogen and oxygen atoms in total. The summed E-state index contributed by atoms with van der Waals surface area (Å²) in [5.74, 6) is 0. The van der Waals surface area contributed by atoms with Gasteiger partial charge in [-0.2, -0.15) is 0 Å². The van der Waals surface area contributed by atoms with Gasteiger partial charge in [0, 0.05) is 36.1 Å². The van der Waals surface area contributed by atoms with Gasteiger partial charge in [-0.05, 0) is 37.3 Å². The minimum Gasteiger partial charge on any atom is -0.388 e. The van der Waals surface area contributed by atoms with Crippen molar-refractivity contribution in [2.75, 3.05) is 0 Å². The number of non-ortho nitro benzene ring substituents is 1. The molecule has 3 rings (SSSR count). The molecule has 110 valence electrons. The molecule has 0 radical (unpaired) electrons. The molecule has 0 amide bonds. The summed E-state index contributed by atoms with van der Waals surface area (Å²) in [6.07, 6.45) is 5.42. The fourth-order valence-corrected chi connectivity index (χ4v) is 2.98. The monoisotopic (exact) mass is 286 g/mol. The lowest BCUT2D eigenvalue weighted by Gasteiger charge is -2.20. The zero-order valence-electron chi connectivity index (χ0n) is 11.7. The first-order valence-electron chi connectivity index (χ1n) is 7.24. The molecule has 1 aliphatic rings. The summed E-state index contributed by atoms with van der Waals surface area (Å²) < 4.78 is 2.19. The van der Waals surface area contributed by atoms with E-state index in [1.54, 1.807) is 12.1 Å². The van der Waals surface area contributed by atoms with Gasteiger partial charge in [-0.15, -0.1) is 0 Å². The van der Waals surface area contributed by atoms with Crippen molar-refractivity contribution in [3.63, 3.8) is 0 Å². The minimum absolute atomic E-state index is 0.125. The van der Waals surface area contributed by atoms with E-state index in [1.165, 1.54) is 5.69 Å². The highest BCUT2D eigenvalue weighted by atomic mass is 16.6. The zero-order valence-corrected chi connectivity index (χ0v) is 11.7. The molecular weight excluding hydrogens is 268 g/mol. The van der Waals surface area contributed by atoms with Crippen LogP contribution in [0.3, 0.4) is 0 Å². The summed E-state index contributed by atoms with van der Waals surface area (Å²) in [6.45, 7) is 0.833. The molecule has 0 aliphatic heterocycles. The minimum atomic E-state index is -0.381. The first-order chi connectivity index (χ1) is 10.1. The standard InChI is InChI=1S/C16H18N2O3/c19-16-3-1-2-15-14(16)9-11-17(15)10-8-12-4-6-13(7-5-12)18(20)21/h4-7,9,11,16,19H,1-3,8,10H2. The molecule has 2 aromatic rings. The number of aliphatic hydroxyl groups excluding tert-OH is 1. The Kier molecular flexibility index (Phi) is 3.75. The van der Waals surface area contributed by atoms with Crippen LogP contribution in [-0.4, -0.2) is 14.6 Å². The number of aryl methyl sites for hydroxylation is 2. The van der Waals surface area contributed by atoms with Crippen LogP contribution in [0.15, 0.2) is 36.5 Å². The van der Waals surface area contributed by atoms with E-state index >= 15 is 0 Å². The summed E-state index contributed by atoms with van der Waals surface area (Å²) in [4.78, 5) is 10.2. The van der Waals surface area contributed by atoms with Crippen LogP contribution < -0.4 is 0 Å². The van der Waals surface area contributed by atoms with Gasteiger partial charge in [-0.1, -0.05) is 12.1 Å². The summed E-state index contributed by atoms with van der Waals surface area (Å²) in [7, 11) is 0. The molecule has 1 atom stereocenters. The van der Waals surface area contributed by atoms with Crippen molar-refractivity contribution in [1.82, 2.24) is 4.57 Å². The SMILES string of the molecule is O=[N+]([O-])c1ccc(CCn2ccc3c2CCCC3O)cc1. The van der Waals surface area contributed by atoms with Gasteiger partial charge in [0.05, 0.1) is 11.0 Å². The number of fused-ring (bicyclic) bond motifs is 1. The Morgan fingerprint density at radius 1 is 1.29 bits per heavy atom. The van der Waals surface area contributed by atoms with Crippen LogP contribution >= 0.6 is 0 Å². The second kappa shape index (κ2) is 5.69. The lowest BCUT2D eigenvalue weighted by atomic mass is 9.95. The molecule has 0 bridgehead atoms. The van der Waals surface area contributed by atoms with E-state index in [2.05, 4.69) is 4.57 Å². The van der Waals surface area contributed by atoms with E-state index in [4.69, 9.17) is 0 Å².